The van der Waals surface area contributed by atoms with Crippen LogP contribution in [0.25, 0.3) is 0 Å². The third-order valence-corrected chi connectivity index (χ3v) is 5.43. The van der Waals surface area contributed by atoms with Gasteiger partial charge in [0, 0.05) is 49.4 Å². The standard InChI is InChI=1S/C16H22ClN3OS/c17-14-4-2-13(3-5-14)10-19-6-1-7-20(9-8-19)16(21)15-11-22-12-18-15/h2-5,15,18H,1,6-12H2/t15-/m0/s1. The van der Waals surface area contributed by atoms with Crippen molar-refractivity contribution < 1.29 is 4.79 Å². The maximum Gasteiger partial charge on any atom is 0.240 e. The SMILES string of the molecule is O=C([C@@H]1CSCN1)N1CCCN(Cc2ccc(Cl)cc2)CC1. The molecule has 4 nitrogen and oxygen atoms in total. The van der Waals surface area contributed by atoms with Crippen LogP contribution in [0.15, 0.2) is 24.3 Å². The molecule has 1 atom stereocenters. The number of hydrogen-bond donors (Lipinski definition) is 1. The average molecular weight is 340 g/mol. The summed E-state index contributed by atoms with van der Waals surface area (Å²) >= 11 is 7.73. The Morgan fingerprint density at radius 2 is 2.05 bits per heavy atom. The number of halogens is 1. The van der Waals surface area contributed by atoms with Crippen molar-refractivity contribution in [1.29, 1.82) is 0 Å². The molecule has 3 rings (SSSR count). The number of hydrogen-bond acceptors (Lipinski definition) is 4. The molecule has 0 bridgehead atoms. The van der Waals surface area contributed by atoms with Crippen molar-refractivity contribution in [1.82, 2.24) is 15.1 Å². The fourth-order valence-electron chi connectivity index (χ4n) is 2.97. The van der Waals surface area contributed by atoms with Crippen molar-refractivity contribution in [2.24, 2.45) is 0 Å². The van der Waals surface area contributed by atoms with Gasteiger partial charge in [0.2, 0.25) is 5.91 Å². The van der Waals surface area contributed by atoms with Gasteiger partial charge in [-0.15, -0.1) is 11.8 Å². The first kappa shape index (κ1) is 16.1. The van der Waals surface area contributed by atoms with E-state index < -0.39 is 0 Å². The van der Waals surface area contributed by atoms with E-state index in [1.165, 1.54) is 5.56 Å². The van der Waals surface area contributed by atoms with E-state index in [1.807, 2.05) is 17.0 Å². The van der Waals surface area contributed by atoms with E-state index in [0.717, 1.165) is 55.8 Å². The molecule has 1 amide bonds. The molecule has 2 heterocycles. The maximum atomic E-state index is 12.5. The highest BCUT2D eigenvalue weighted by atomic mass is 35.5. The van der Waals surface area contributed by atoms with Crippen LogP contribution >= 0.6 is 23.4 Å². The van der Waals surface area contributed by atoms with Gasteiger partial charge < -0.3 is 4.90 Å². The first-order valence-corrected chi connectivity index (χ1v) is 9.32. The molecular formula is C16H22ClN3OS. The van der Waals surface area contributed by atoms with Crippen molar-refractivity contribution in [3.63, 3.8) is 0 Å². The van der Waals surface area contributed by atoms with E-state index in [4.69, 9.17) is 11.6 Å². The molecule has 1 aromatic rings. The maximum absolute atomic E-state index is 12.5. The number of nitrogens with one attached hydrogen (secondary N) is 1. The first-order valence-electron chi connectivity index (χ1n) is 7.79. The quantitative estimate of drug-likeness (QED) is 0.914. The Hall–Kier alpha value is -0.750. The van der Waals surface area contributed by atoms with Gasteiger partial charge in [0.15, 0.2) is 0 Å². The minimum Gasteiger partial charge on any atom is -0.340 e. The average Bonchev–Trinajstić information content (AvgIpc) is 2.96. The van der Waals surface area contributed by atoms with Gasteiger partial charge in [0.25, 0.3) is 0 Å². The molecule has 6 heteroatoms. The highest BCUT2D eigenvalue weighted by Gasteiger charge is 2.28. The molecule has 0 spiro atoms. The number of thioether (sulfide) groups is 1. The molecule has 2 aliphatic rings. The van der Waals surface area contributed by atoms with Gasteiger partial charge in [-0.25, -0.2) is 0 Å². The van der Waals surface area contributed by atoms with Crippen LogP contribution in [0.1, 0.15) is 12.0 Å². The Labute approximate surface area is 141 Å². The molecule has 2 aliphatic heterocycles. The molecule has 2 fully saturated rings. The monoisotopic (exact) mass is 339 g/mol. The second-order valence-corrected chi connectivity index (χ2v) is 7.32. The molecular weight excluding hydrogens is 318 g/mol. The summed E-state index contributed by atoms with van der Waals surface area (Å²) in [5, 5.41) is 4.05. The van der Waals surface area contributed by atoms with Crippen LogP contribution in [-0.2, 0) is 11.3 Å². The second-order valence-electron chi connectivity index (χ2n) is 5.85. The molecule has 0 radical (unpaired) electrons. The number of nitrogens with zero attached hydrogens (tertiary/aromatic N) is 2. The molecule has 120 valence electrons. The summed E-state index contributed by atoms with van der Waals surface area (Å²) in [6.45, 7) is 4.61. The van der Waals surface area contributed by atoms with Crippen LogP contribution in [0.4, 0.5) is 0 Å². The normalized spacial score (nSPS) is 23.5. The van der Waals surface area contributed by atoms with Crippen LogP contribution in [0.5, 0.6) is 0 Å². The number of carbonyl (C=O) groups excluding carboxylic acids is 1. The summed E-state index contributed by atoms with van der Waals surface area (Å²) in [5.41, 5.74) is 1.28. The predicted molar refractivity (Wildman–Crippen MR) is 92.2 cm³/mol. The fourth-order valence-corrected chi connectivity index (χ4v) is 4.03. The second kappa shape index (κ2) is 7.68. The zero-order chi connectivity index (χ0) is 15.4. The van der Waals surface area contributed by atoms with Gasteiger partial charge in [0.05, 0.1) is 6.04 Å². The third kappa shape index (κ3) is 4.16. The van der Waals surface area contributed by atoms with Gasteiger partial charge in [0.1, 0.15) is 0 Å². The molecule has 1 aromatic carbocycles. The van der Waals surface area contributed by atoms with E-state index >= 15 is 0 Å². The summed E-state index contributed by atoms with van der Waals surface area (Å²) < 4.78 is 0. The van der Waals surface area contributed by atoms with Crippen molar-refractivity contribution in [3.8, 4) is 0 Å². The van der Waals surface area contributed by atoms with Crippen LogP contribution in [0.3, 0.4) is 0 Å². The van der Waals surface area contributed by atoms with E-state index in [0.29, 0.717) is 0 Å². The van der Waals surface area contributed by atoms with E-state index in [2.05, 4.69) is 22.3 Å². The lowest BCUT2D eigenvalue weighted by molar-refractivity contribution is -0.132. The van der Waals surface area contributed by atoms with E-state index in [1.54, 1.807) is 11.8 Å². The zero-order valence-electron chi connectivity index (χ0n) is 12.6. The lowest BCUT2D eigenvalue weighted by Crippen LogP contribution is -2.46. The largest absolute Gasteiger partial charge is 0.340 e. The molecule has 0 aromatic heterocycles. The van der Waals surface area contributed by atoms with E-state index in [-0.39, 0.29) is 11.9 Å². The lowest BCUT2D eigenvalue weighted by atomic mass is 10.2. The predicted octanol–water partition coefficient (Wildman–Crippen LogP) is 2.04. The van der Waals surface area contributed by atoms with Gasteiger partial charge in [-0.3, -0.25) is 15.0 Å². The van der Waals surface area contributed by atoms with Crippen LogP contribution in [0.2, 0.25) is 5.02 Å². The Morgan fingerprint density at radius 1 is 1.23 bits per heavy atom. The van der Waals surface area contributed by atoms with Gasteiger partial charge in [-0.1, -0.05) is 23.7 Å². The van der Waals surface area contributed by atoms with Gasteiger partial charge in [-0.2, -0.15) is 0 Å². The highest BCUT2D eigenvalue weighted by molar-refractivity contribution is 7.99. The minimum atomic E-state index is 0.0211. The molecule has 1 N–H and O–H groups in total. The lowest BCUT2D eigenvalue weighted by Gasteiger charge is -2.24. The Morgan fingerprint density at radius 3 is 2.77 bits per heavy atom. The van der Waals surface area contributed by atoms with Crippen molar-refractivity contribution >= 4 is 29.3 Å². The Bertz CT molecular complexity index is 505. The number of amides is 1. The zero-order valence-corrected chi connectivity index (χ0v) is 14.2. The summed E-state index contributed by atoms with van der Waals surface area (Å²) in [5.74, 6) is 2.08. The summed E-state index contributed by atoms with van der Waals surface area (Å²) in [7, 11) is 0. The molecule has 0 aliphatic carbocycles. The Balaban J connectivity index is 1.53. The van der Waals surface area contributed by atoms with E-state index in [9.17, 15) is 4.79 Å². The number of carbonyl (C=O) groups is 1. The summed E-state index contributed by atoms with van der Waals surface area (Å²) in [6, 6.07) is 8.06. The topological polar surface area (TPSA) is 35.6 Å². The molecule has 0 saturated carbocycles. The van der Waals surface area contributed by atoms with Crippen LogP contribution in [-0.4, -0.2) is 59.6 Å². The molecule has 22 heavy (non-hydrogen) atoms. The third-order valence-electron chi connectivity index (χ3n) is 4.23. The number of benzene rings is 1. The summed E-state index contributed by atoms with van der Waals surface area (Å²) in [4.78, 5) is 16.9. The Kier molecular flexibility index (Phi) is 5.63. The fraction of sp³-hybridized carbons (Fsp3) is 0.562. The van der Waals surface area contributed by atoms with Gasteiger partial charge >= 0.3 is 0 Å². The molecule has 2 saturated heterocycles. The minimum absolute atomic E-state index is 0.0211. The molecule has 0 unspecified atom stereocenters. The number of rotatable bonds is 3. The van der Waals surface area contributed by atoms with Crippen LogP contribution < -0.4 is 5.32 Å². The van der Waals surface area contributed by atoms with Crippen molar-refractivity contribution in [3.05, 3.63) is 34.9 Å². The van der Waals surface area contributed by atoms with Crippen LogP contribution in [0, 0.1) is 0 Å². The van der Waals surface area contributed by atoms with Crippen molar-refractivity contribution in [2.45, 2.75) is 19.0 Å². The smallest absolute Gasteiger partial charge is 0.240 e. The first-order chi connectivity index (χ1) is 10.7. The highest BCUT2D eigenvalue weighted by Crippen LogP contribution is 2.15. The summed E-state index contributed by atoms with van der Waals surface area (Å²) in [6.07, 6.45) is 1.04. The van der Waals surface area contributed by atoms with Gasteiger partial charge in [-0.05, 0) is 24.1 Å². The van der Waals surface area contributed by atoms with Crippen molar-refractivity contribution in [2.75, 3.05) is 37.8 Å².